The summed E-state index contributed by atoms with van der Waals surface area (Å²) in [5.74, 6) is 2.32. The van der Waals surface area contributed by atoms with Gasteiger partial charge in [0, 0.05) is 0 Å². The highest BCUT2D eigenvalue weighted by Gasteiger charge is 2.12. The van der Waals surface area contributed by atoms with Crippen LogP contribution in [-0.4, -0.2) is 0 Å². The minimum absolute atomic E-state index is 0.705. The number of hydrogen-bond acceptors (Lipinski definition) is 0. The molecular formula is C22H44. The predicted molar refractivity (Wildman–Crippen MR) is 103 cm³/mol. The summed E-state index contributed by atoms with van der Waals surface area (Å²) in [6, 6.07) is 0. The number of allylic oxidation sites excluding steroid dienone is 1. The third kappa shape index (κ3) is 13.4. The topological polar surface area (TPSA) is 0 Å². The molecule has 0 heteroatoms. The summed E-state index contributed by atoms with van der Waals surface area (Å²) in [6.07, 6.45) is 16.9. The Hall–Kier alpha value is -0.260. The van der Waals surface area contributed by atoms with Crippen LogP contribution in [0.3, 0.4) is 0 Å². The van der Waals surface area contributed by atoms with Gasteiger partial charge in [0.15, 0.2) is 0 Å². The number of rotatable bonds is 15. The highest BCUT2D eigenvalue weighted by atomic mass is 14.2. The molecule has 0 nitrogen and oxygen atoms in total. The molecule has 132 valence electrons. The highest BCUT2D eigenvalue weighted by Crippen LogP contribution is 2.26. The molecule has 0 amide bonds. The maximum absolute atomic E-state index is 4.30. The molecule has 0 bridgehead atoms. The summed E-state index contributed by atoms with van der Waals surface area (Å²) in [4.78, 5) is 0. The van der Waals surface area contributed by atoms with Gasteiger partial charge in [0.1, 0.15) is 0 Å². The Kier molecular flexibility index (Phi) is 14.2. The van der Waals surface area contributed by atoms with Crippen LogP contribution in [0.2, 0.25) is 0 Å². The van der Waals surface area contributed by atoms with Gasteiger partial charge in [-0.1, -0.05) is 111 Å². The summed E-state index contributed by atoms with van der Waals surface area (Å²) in [5, 5.41) is 0. The van der Waals surface area contributed by atoms with E-state index >= 15 is 0 Å². The van der Waals surface area contributed by atoms with Crippen molar-refractivity contribution < 1.29 is 0 Å². The van der Waals surface area contributed by atoms with E-state index < -0.39 is 0 Å². The van der Waals surface area contributed by atoms with E-state index in [0.717, 1.165) is 11.8 Å². The quantitative estimate of drug-likeness (QED) is 0.211. The monoisotopic (exact) mass is 308 g/mol. The fraction of sp³-hybridized carbons (Fsp3) is 0.909. The molecule has 0 radical (unpaired) electrons. The SMILES string of the molecule is C=C(CC(C)C)C(C)CC(C)CCCCCCCCCCC. The average molecular weight is 309 g/mol. The molecule has 0 spiro atoms. The summed E-state index contributed by atoms with van der Waals surface area (Å²) in [6.45, 7) is 16.0. The molecule has 0 aromatic carbocycles. The Morgan fingerprint density at radius 1 is 0.773 bits per heavy atom. The molecule has 0 aromatic heterocycles. The zero-order valence-corrected chi connectivity index (χ0v) is 16.4. The van der Waals surface area contributed by atoms with Crippen molar-refractivity contribution in [2.45, 2.75) is 112 Å². The molecular weight excluding hydrogens is 264 g/mol. The van der Waals surface area contributed by atoms with Crippen LogP contribution < -0.4 is 0 Å². The second-order valence-electron chi connectivity index (χ2n) is 8.12. The van der Waals surface area contributed by atoms with Crippen LogP contribution in [0, 0.1) is 17.8 Å². The van der Waals surface area contributed by atoms with E-state index in [4.69, 9.17) is 0 Å². The Labute approximate surface area is 142 Å². The maximum atomic E-state index is 4.30. The first kappa shape index (κ1) is 21.7. The van der Waals surface area contributed by atoms with Gasteiger partial charge in [-0.2, -0.15) is 0 Å². The Morgan fingerprint density at radius 3 is 1.77 bits per heavy atom. The van der Waals surface area contributed by atoms with Gasteiger partial charge in [0.05, 0.1) is 0 Å². The largest absolute Gasteiger partial charge is 0.0996 e. The van der Waals surface area contributed by atoms with Crippen LogP contribution in [0.1, 0.15) is 112 Å². The number of hydrogen-bond donors (Lipinski definition) is 0. The van der Waals surface area contributed by atoms with Crippen LogP contribution in [0.15, 0.2) is 12.2 Å². The molecule has 0 saturated carbocycles. The van der Waals surface area contributed by atoms with Crippen molar-refractivity contribution in [3.05, 3.63) is 12.2 Å². The van der Waals surface area contributed by atoms with E-state index in [1.807, 2.05) is 0 Å². The Balaban J connectivity index is 3.49. The van der Waals surface area contributed by atoms with E-state index in [1.165, 1.54) is 82.6 Å². The molecule has 2 atom stereocenters. The molecule has 0 rings (SSSR count). The lowest BCUT2D eigenvalue weighted by Gasteiger charge is -2.20. The molecule has 2 unspecified atom stereocenters. The lowest BCUT2D eigenvalue weighted by molar-refractivity contribution is 0.397. The van der Waals surface area contributed by atoms with Crippen LogP contribution in [0.25, 0.3) is 0 Å². The van der Waals surface area contributed by atoms with Crippen molar-refractivity contribution in [1.29, 1.82) is 0 Å². The van der Waals surface area contributed by atoms with Crippen molar-refractivity contribution in [3.8, 4) is 0 Å². The van der Waals surface area contributed by atoms with Gasteiger partial charge in [-0.05, 0) is 30.6 Å². The van der Waals surface area contributed by atoms with Gasteiger partial charge in [0.2, 0.25) is 0 Å². The molecule has 0 aliphatic heterocycles. The summed E-state index contributed by atoms with van der Waals surface area (Å²) in [5.41, 5.74) is 1.47. The second-order valence-corrected chi connectivity index (χ2v) is 8.12. The predicted octanol–water partition coefficient (Wildman–Crippen LogP) is 8.17. The molecule has 0 fully saturated rings. The van der Waals surface area contributed by atoms with Gasteiger partial charge in [-0.25, -0.2) is 0 Å². The standard InChI is InChI=1S/C22H44/c1-7-8-9-10-11-12-13-14-15-16-20(4)18-22(6)21(5)17-19(2)3/h19-20,22H,5,7-18H2,1-4,6H3. The lowest BCUT2D eigenvalue weighted by Crippen LogP contribution is -2.07. The molecule has 0 aliphatic rings. The smallest absolute Gasteiger partial charge is 0.0232 e. The van der Waals surface area contributed by atoms with Gasteiger partial charge in [-0.3, -0.25) is 0 Å². The number of unbranched alkanes of at least 4 members (excludes halogenated alkanes) is 8. The average Bonchev–Trinajstić information content (AvgIpc) is 2.44. The van der Waals surface area contributed by atoms with E-state index in [-0.39, 0.29) is 0 Å². The summed E-state index contributed by atoms with van der Waals surface area (Å²) < 4.78 is 0. The molecule has 0 N–H and O–H groups in total. The fourth-order valence-electron chi connectivity index (χ4n) is 3.42. The van der Waals surface area contributed by atoms with Crippen molar-refractivity contribution >= 4 is 0 Å². The van der Waals surface area contributed by atoms with E-state index in [1.54, 1.807) is 0 Å². The second kappa shape index (κ2) is 14.3. The molecule has 0 saturated heterocycles. The minimum atomic E-state index is 0.705. The van der Waals surface area contributed by atoms with Crippen LogP contribution in [0.5, 0.6) is 0 Å². The van der Waals surface area contributed by atoms with Gasteiger partial charge in [-0.15, -0.1) is 0 Å². The first-order valence-corrected chi connectivity index (χ1v) is 10.1. The first-order valence-electron chi connectivity index (χ1n) is 10.1. The molecule has 0 aromatic rings. The van der Waals surface area contributed by atoms with Gasteiger partial charge >= 0.3 is 0 Å². The molecule has 0 heterocycles. The summed E-state index contributed by atoms with van der Waals surface area (Å²) in [7, 11) is 0. The fourth-order valence-corrected chi connectivity index (χ4v) is 3.42. The van der Waals surface area contributed by atoms with Crippen molar-refractivity contribution in [3.63, 3.8) is 0 Å². The van der Waals surface area contributed by atoms with Gasteiger partial charge in [0.25, 0.3) is 0 Å². The van der Waals surface area contributed by atoms with Crippen LogP contribution >= 0.6 is 0 Å². The zero-order valence-electron chi connectivity index (χ0n) is 16.4. The molecule has 0 aliphatic carbocycles. The Bertz CT molecular complexity index is 251. The van der Waals surface area contributed by atoms with Crippen molar-refractivity contribution in [2.75, 3.05) is 0 Å². The Morgan fingerprint density at radius 2 is 1.27 bits per heavy atom. The maximum Gasteiger partial charge on any atom is -0.0232 e. The van der Waals surface area contributed by atoms with E-state index in [2.05, 4.69) is 41.2 Å². The third-order valence-electron chi connectivity index (χ3n) is 4.92. The van der Waals surface area contributed by atoms with Crippen molar-refractivity contribution in [1.82, 2.24) is 0 Å². The van der Waals surface area contributed by atoms with E-state index in [0.29, 0.717) is 5.92 Å². The van der Waals surface area contributed by atoms with Crippen molar-refractivity contribution in [2.24, 2.45) is 17.8 Å². The summed E-state index contributed by atoms with van der Waals surface area (Å²) >= 11 is 0. The third-order valence-corrected chi connectivity index (χ3v) is 4.92. The zero-order chi connectivity index (χ0) is 16.8. The van der Waals surface area contributed by atoms with Gasteiger partial charge < -0.3 is 0 Å². The lowest BCUT2D eigenvalue weighted by atomic mass is 9.85. The van der Waals surface area contributed by atoms with Crippen LogP contribution in [-0.2, 0) is 0 Å². The first-order chi connectivity index (χ1) is 10.5. The van der Waals surface area contributed by atoms with Crippen LogP contribution in [0.4, 0.5) is 0 Å². The van der Waals surface area contributed by atoms with E-state index in [9.17, 15) is 0 Å². The normalized spacial score (nSPS) is 14.3. The highest BCUT2D eigenvalue weighted by molar-refractivity contribution is 4.99. The minimum Gasteiger partial charge on any atom is -0.0996 e. The molecule has 22 heavy (non-hydrogen) atoms.